The number of hydrogen-bond acceptors (Lipinski definition) is 5. The molecule has 0 fully saturated rings. The summed E-state index contributed by atoms with van der Waals surface area (Å²) in [6.45, 7) is 5.36. The summed E-state index contributed by atoms with van der Waals surface area (Å²) in [5.41, 5.74) is 14.2. The van der Waals surface area contributed by atoms with Gasteiger partial charge in [-0.25, -0.2) is 0 Å². The number of unbranched alkanes of at least 4 members (excludes halogenated alkanes) is 1. The van der Waals surface area contributed by atoms with Gasteiger partial charge in [0.15, 0.2) is 0 Å². The Balaban J connectivity index is 2.25. The number of allylic oxidation sites excluding steroid dienone is 1. The van der Waals surface area contributed by atoms with Crippen molar-refractivity contribution < 1.29 is 0 Å². The quantitative estimate of drug-likeness (QED) is 0.417. The molecular weight excluding hydrogens is 230 g/mol. The molecule has 0 atom stereocenters. The first kappa shape index (κ1) is 14.1. The van der Waals surface area contributed by atoms with Crippen molar-refractivity contribution in [1.82, 2.24) is 20.0 Å². The fourth-order valence-electron chi connectivity index (χ4n) is 1.54. The molecule has 0 saturated heterocycles. The normalized spacial score (nSPS) is 11.6. The fraction of sp³-hybridized carbons (Fsp3) is 0.636. The molecule has 0 saturated carbocycles. The first-order valence-electron chi connectivity index (χ1n) is 6.12. The van der Waals surface area contributed by atoms with E-state index in [2.05, 4.69) is 22.5 Å². The third-order valence-corrected chi connectivity index (χ3v) is 2.45. The first-order valence-corrected chi connectivity index (χ1v) is 6.12. The van der Waals surface area contributed by atoms with Crippen molar-refractivity contribution in [2.75, 3.05) is 6.54 Å². The molecule has 0 radical (unpaired) electrons. The summed E-state index contributed by atoms with van der Waals surface area (Å²) in [7, 11) is 0. The number of rotatable bonds is 8. The molecule has 1 heterocycles. The maximum Gasteiger partial charge on any atom is 0.0824 e. The van der Waals surface area contributed by atoms with Gasteiger partial charge in [0.05, 0.1) is 5.69 Å². The molecule has 1 aromatic heterocycles. The number of hydrogen-bond donors (Lipinski definition) is 2. The van der Waals surface area contributed by atoms with Gasteiger partial charge in [-0.15, -0.1) is 5.10 Å². The molecule has 0 aliphatic carbocycles. The molecule has 0 aliphatic heterocycles. The molecule has 0 aliphatic rings. The molecule has 0 bridgehead atoms. The van der Waals surface area contributed by atoms with E-state index in [1.807, 2.05) is 10.9 Å². The van der Waals surface area contributed by atoms with Gasteiger partial charge < -0.3 is 5.73 Å². The van der Waals surface area contributed by atoms with Crippen molar-refractivity contribution in [3.05, 3.63) is 23.8 Å². The highest BCUT2D eigenvalue weighted by Crippen LogP contribution is 2.01. The van der Waals surface area contributed by atoms with Crippen LogP contribution >= 0.6 is 0 Å². The lowest BCUT2D eigenvalue weighted by Gasteiger charge is -2.12. The second-order valence-corrected chi connectivity index (χ2v) is 4.17. The van der Waals surface area contributed by atoms with Gasteiger partial charge in [-0.05, 0) is 26.2 Å². The van der Waals surface area contributed by atoms with E-state index in [1.165, 1.54) is 5.01 Å². The summed E-state index contributed by atoms with van der Waals surface area (Å²) in [5, 5.41) is 13.0. The number of aryl methyl sites for hydroxylation is 2. The molecule has 7 nitrogen and oxygen atoms in total. The van der Waals surface area contributed by atoms with Crippen LogP contribution in [0.4, 0.5) is 0 Å². The van der Waals surface area contributed by atoms with Crippen molar-refractivity contribution in [1.29, 1.82) is 5.53 Å². The van der Waals surface area contributed by atoms with E-state index in [4.69, 9.17) is 11.3 Å². The van der Waals surface area contributed by atoms with Crippen LogP contribution in [0.2, 0.25) is 0 Å². The molecule has 1 aromatic rings. The third-order valence-electron chi connectivity index (χ3n) is 2.45. The Hall–Kier alpha value is -1.92. The molecule has 7 heteroatoms. The van der Waals surface area contributed by atoms with E-state index < -0.39 is 0 Å². The number of aromatic nitrogens is 3. The molecular formula is C11H21N7. The SMILES string of the molecule is CCc1cn(CCCCN(/C=C(\C)N)N=N)nn1. The Morgan fingerprint density at radius 2 is 2.39 bits per heavy atom. The van der Waals surface area contributed by atoms with E-state index in [0.29, 0.717) is 12.2 Å². The Labute approximate surface area is 107 Å². The summed E-state index contributed by atoms with van der Waals surface area (Å²) < 4.78 is 1.85. The Kier molecular flexibility index (Phi) is 5.83. The molecule has 18 heavy (non-hydrogen) atoms. The molecule has 0 aromatic carbocycles. The number of nitrogens with zero attached hydrogens (tertiary/aromatic N) is 5. The summed E-state index contributed by atoms with van der Waals surface area (Å²) in [6, 6.07) is 0. The predicted molar refractivity (Wildman–Crippen MR) is 68.4 cm³/mol. The lowest BCUT2D eigenvalue weighted by molar-refractivity contribution is 0.342. The molecule has 0 unspecified atom stereocenters. The Morgan fingerprint density at radius 3 is 2.94 bits per heavy atom. The molecule has 3 N–H and O–H groups in total. The van der Waals surface area contributed by atoms with E-state index in [0.717, 1.165) is 31.5 Å². The molecule has 100 valence electrons. The average molecular weight is 251 g/mol. The van der Waals surface area contributed by atoms with Gasteiger partial charge >= 0.3 is 0 Å². The smallest absolute Gasteiger partial charge is 0.0824 e. The van der Waals surface area contributed by atoms with Gasteiger partial charge in [0, 0.05) is 31.2 Å². The van der Waals surface area contributed by atoms with Crippen LogP contribution in [0.25, 0.3) is 0 Å². The predicted octanol–water partition coefficient (Wildman–Crippen LogP) is 1.69. The van der Waals surface area contributed by atoms with Gasteiger partial charge in [-0.1, -0.05) is 17.4 Å². The van der Waals surface area contributed by atoms with Gasteiger partial charge in [-0.3, -0.25) is 9.69 Å². The maximum absolute atomic E-state index is 7.00. The van der Waals surface area contributed by atoms with E-state index >= 15 is 0 Å². The van der Waals surface area contributed by atoms with Crippen molar-refractivity contribution in [3.63, 3.8) is 0 Å². The second-order valence-electron chi connectivity index (χ2n) is 4.17. The van der Waals surface area contributed by atoms with Gasteiger partial charge in [0.25, 0.3) is 0 Å². The van der Waals surface area contributed by atoms with Crippen molar-refractivity contribution in [3.8, 4) is 0 Å². The summed E-state index contributed by atoms with van der Waals surface area (Å²) in [5.74, 6) is 0. The van der Waals surface area contributed by atoms with Crippen LogP contribution < -0.4 is 5.73 Å². The first-order chi connectivity index (χ1) is 8.65. The minimum Gasteiger partial charge on any atom is -0.401 e. The monoisotopic (exact) mass is 251 g/mol. The Bertz CT molecular complexity index is 392. The lowest BCUT2D eigenvalue weighted by Crippen LogP contribution is -2.13. The van der Waals surface area contributed by atoms with Crippen LogP contribution in [-0.2, 0) is 13.0 Å². The van der Waals surface area contributed by atoms with Crippen molar-refractivity contribution in [2.45, 2.75) is 39.7 Å². The number of nitrogens with one attached hydrogen (secondary N) is 1. The zero-order valence-electron chi connectivity index (χ0n) is 11.0. The largest absolute Gasteiger partial charge is 0.401 e. The average Bonchev–Trinajstić information content (AvgIpc) is 2.80. The fourth-order valence-corrected chi connectivity index (χ4v) is 1.54. The summed E-state index contributed by atoms with van der Waals surface area (Å²) in [4.78, 5) is 0. The standard InChI is InChI=1S/C11H21N7/c1-3-11-9-18(16-14-11)7-5-4-6-17(15-13)8-10(2)12/h8-9,13H,3-7,12H2,1-2H3/b10-8+,15-13?. The second kappa shape index (κ2) is 7.41. The zero-order valence-corrected chi connectivity index (χ0v) is 11.0. The van der Waals surface area contributed by atoms with Gasteiger partial charge in [-0.2, -0.15) is 5.53 Å². The van der Waals surface area contributed by atoms with Crippen LogP contribution in [0.3, 0.4) is 0 Å². The third kappa shape index (κ3) is 4.94. The molecule has 0 spiro atoms. The van der Waals surface area contributed by atoms with Crippen LogP contribution in [0, 0.1) is 5.53 Å². The van der Waals surface area contributed by atoms with Crippen LogP contribution in [0.15, 0.2) is 23.3 Å². The van der Waals surface area contributed by atoms with Crippen molar-refractivity contribution in [2.24, 2.45) is 11.0 Å². The van der Waals surface area contributed by atoms with Gasteiger partial charge in [0.1, 0.15) is 0 Å². The minimum atomic E-state index is 0.648. The van der Waals surface area contributed by atoms with Crippen LogP contribution in [0.1, 0.15) is 32.4 Å². The number of nitrogens with two attached hydrogens (primary N) is 1. The van der Waals surface area contributed by atoms with Crippen LogP contribution in [0.5, 0.6) is 0 Å². The highest BCUT2D eigenvalue weighted by molar-refractivity contribution is 4.91. The Morgan fingerprint density at radius 1 is 1.61 bits per heavy atom. The summed E-state index contributed by atoms with van der Waals surface area (Å²) in [6.07, 6.45) is 6.43. The van der Waals surface area contributed by atoms with E-state index in [9.17, 15) is 0 Å². The van der Waals surface area contributed by atoms with Crippen molar-refractivity contribution >= 4 is 0 Å². The van der Waals surface area contributed by atoms with Crippen LogP contribution in [-0.4, -0.2) is 26.5 Å². The minimum absolute atomic E-state index is 0.648. The van der Waals surface area contributed by atoms with Gasteiger partial charge in [0.2, 0.25) is 0 Å². The zero-order chi connectivity index (χ0) is 13.4. The highest BCUT2D eigenvalue weighted by Gasteiger charge is 2.00. The molecule has 0 amide bonds. The maximum atomic E-state index is 7.00. The van der Waals surface area contributed by atoms with E-state index in [-0.39, 0.29) is 0 Å². The molecule has 1 rings (SSSR count). The van der Waals surface area contributed by atoms with E-state index in [1.54, 1.807) is 13.1 Å². The topological polar surface area (TPSA) is 96.2 Å². The lowest BCUT2D eigenvalue weighted by atomic mass is 10.3. The summed E-state index contributed by atoms with van der Waals surface area (Å²) >= 11 is 0. The highest BCUT2D eigenvalue weighted by atomic mass is 15.5.